The van der Waals surface area contributed by atoms with Gasteiger partial charge in [-0.2, -0.15) is 0 Å². The molecule has 1 saturated carbocycles. The van der Waals surface area contributed by atoms with Crippen molar-refractivity contribution < 1.29 is 36.6 Å². The number of benzene rings is 2. The first-order chi connectivity index (χ1) is 20.1. The minimum absolute atomic E-state index is 0.109. The van der Waals surface area contributed by atoms with Crippen molar-refractivity contribution in [2.45, 2.75) is 57.9 Å². The molecular formula is C30H29F4N3O4S. The zero-order chi connectivity index (χ0) is 29.9. The summed E-state index contributed by atoms with van der Waals surface area (Å²) in [5.41, 5.74) is 2.70. The summed E-state index contributed by atoms with van der Waals surface area (Å²) in [4.78, 5) is 30.4. The van der Waals surface area contributed by atoms with E-state index in [1.807, 2.05) is 13.1 Å². The largest absolute Gasteiger partial charge is 0.573 e. The number of ether oxygens (including phenoxy) is 2. The van der Waals surface area contributed by atoms with Crippen molar-refractivity contribution in [1.82, 2.24) is 14.7 Å². The van der Waals surface area contributed by atoms with Crippen molar-refractivity contribution in [2.75, 3.05) is 6.61 Å². The fourth-order valence-corrected chi connectivity index (χ4v) is 6.22. The summed E-state index contributed by atoms with van der Waals surface area (Å²) in [7, 11) is 0. The van der Waals surface area contributed by atoms with Gasteiger partial charge in [-0.3, -0.25) is 14.0 Å². The number of esters is 1. The van der Waals surface area contributed by atoms with E-state index in [0.717, 1.165) is 48.3 Å². The third-order valence-electron chi connectivity index (χ3n) is 7.34. The smallest absolute Gasteiger partial charge is 0.466 e. The number of carbonyl (C=O) groups is 2. The Morgan fingerprint density at radius 1 is 1.07 bits per heavy atom. The van der Waals surface area contributed by atoms with Gasteiger partial charge in [-0.15, -0.1) is 13.2 Å². The first-order valence-corrected chi connectivity index (χ1v) is 14.5. The topological polar surface area (TPSA) is 81.9 Å². The molecule has 1 amide bonds. The first-order valence-electron chi connectivity index (χ1n) is 13.6. The molecule has 1 fully saturated rings. The predicted octanol–water partition coefficient (Wildman–Crippen LogP) is 7.26. The number of aromatic nitrogens is 2. The number of amides is 1. The highest BCUT2D eigenvalue weighted by Gasteiger charge is 2.32. The summed E-state index contributed by atoms with van der Waals surface area (Å²) in [5, 5.41) is 2.58. The van der Waals surface area contributed by atoms with Gasteiger partial charge in [0.25, 0.3) is 5.91 Å². The Balaban J connectivity index is 1.17. The Morgan fingerprint density at radius 2 is 1.81 bits per heavy atom. The quantitative estimate of drug-likeness (QED) is 0.161. The standard InChI is InChI=1S/C30H29F4N3O4S/c1-2-40-27(38)14-18-3-6-20(7-4-18)21-8-10-22(11-9-21)26-17-37-16-24(36-29(37)42-26)28(39)35-15-19-5-12-23(31)25(13-19)41-30(32,33)34/h5,8-13,16-18,20H,2-4,6-7,14-15H2,1H3,(H,35,39)/t18-,20-. The number of nitrogens with zero attached hydrogens (tertiary/aromatic N) is 2. The highest BCUT2D eigenvalue weighted by atomic mass is 32.1. The average Bonchev–Trinajstić information content (AvgIpc) is 3.53. The maximum Gasteiger partial charge on any atom is 0.573 e. The molecular weight excluding hydrogens is 574 g/mol. The molecule has 0 bridgehead atoms. The van der Waals surface area contributed by atoms with Gasteiger partial charge in [-0.25, -0.2) is 9.37 Å². The number of imidazole rings is 1. The lowest BCUT2D eigenvalue weighted by Crippen LogP contribution is -2.23. The number of halogens is 4. The van der Waals surface area contributed by atoms with E-state index in [4.69, 9.17) is 4.74 Å². The first kappa shape index (κ1) is 29.6. The number of hydrogen-bond acceptors (Lipinski definition) is 6. The van der Waals surface area contributed by atoms with Crippen LogP contribution in [-0.4, -0.2) is 34.2 Å². The lowest BCUT2D eigenvalue weighted by Gasteiger charge is -2.28. The molecule has 42 heavy (non-hydrogen) atoms. The monoisotopic (exact) mass is 603 g/mol. The average molecular weight is 604 g/mol. The van der Waals surface area contributed by atoms with Crippen LogP contribution in [0.25, 0.3) is 15.4 Å². The molecule has 2 aromatic carbocycles. The van der Waals surface area contributed by atoms with E-state index in [2.05, 4.69) is 39.3 Å². The molecule has 7 nitrogen and oxygen atoms in total. The Labute approximate surface area is 243 Å². The van der Waals surface area contributed by atoms with Gasteiger partial charge in [0.1, 0.15) is 5.69 Å². The summed E-state index contributed by atoms with van der Waals surface area (Å²) in [6.45, 7) is 2.11. The van der Waals surface area contributed by atoms with Crippen LogP contribution in [0.5, 0.6) is 5.75 Å². The van der Waals surface area contributed by atoms with Crippen molar-refractivity contribution >= 4 is 28.2 Å². The van der Waals surface area contributed by atoms with Crippen LogP contribution in [0.1, 0.15) is 66.6 Å². The number of fused-ring (bicyclic) bond motifs is 1. The van der Waals surface area contributed by atoms with Crippen LogP contribution in [0.15, 0.2) is 54.9 Å². The fourth-order valence-electron chi connectivity index (χ4n) is 5.25. The molecule has 1 aliphatic carbocycles. The Kier molecular flexibility index (Phi) is 8.81. The molecule has 0 radical (unpaired) electrons. The second-order valence-electron chi connectivity index (χ2n) is 10.3. The second-order valence-corrected chi connectivity index (χ2v) is 11.3. The van der Waals surface area contributed by atoms with Crippen LogP contribution in [-0.2, 0) is 16.1 Å². The minimum atomic E-state index is -5.03. The number of thiazole rings is 1. The third-order valence-corrected chi connectivity index (χ3v) is 8.38. The van der Waals surface area contributed by atoms with Crippen molar-refractivity contribution in [1.29, 1.82) is 0 Å². The molecule has 1 N–H and O–H groups in total. The zero-order valence-electron chi connectivity index (χ0n) is 22.7. The summed E-state index contributed by atoms with van der Waals surface area (Å²) in [6, 6.07) is 11.5. The van der Waals surface area contributed by atoms with E-state index < -0.39 is 23.8 Å². The highest BCUT2D eigenvalue weighted by molar-refractivity contribution is 7.20. The van der Waals surface area contributed by atoms with Crippen molar-refractivity contribution in [3.05, 3.63) is 77.5 Å². The maximum atomic E-state index is 13.6. The van der Waals surface area contributed by atoms with Gasteiger partial charge in [0, 0.05) is 25.4 Å². The van der Waals surface area contributed by atoms with Crippen molar-refractivity contribution in [3.8, 4) is 16.2 Å². The summed E-state index contributed by atoms with van der Waals surface area (Å²) in [5.74, 6) is -1.88. The van der Waals surface area contributed by atoms with Crippen LogP contribution in [0.4, 0.5) is 17.6 Å². The fraction of sp³-hybridized carbons (Fsp3) is 0.367. The molecule has 0 aliphatic heterocycles. The van der Waals surface area contributed by atoms with Crippen LogP contribution < -0.4 is 10.1 Å². The third kappa shape index (κ3) is 7.28. The molecule has 2 heterocycles. The normalized spacial score (nSPS) is 17.3. The van der Waals surface area contributed by atoms with E-state index in [9.17, 15) is 27.2 Å². The van der Waals surface area contributed by atoms with Crippen LogP contribution in [0, 0.1) is 11.7 Å². The number of hydrogen-bond donors (Lipinski definition) is 1. The molecule has 0 saturated heterocycles. The summed E-state index contributed by atoms with van der Waals surface area (Å²) >= 11 is 1.43. The van der Waals surface area contributed by atoms with Crippen molar-refractivity contribution in [2.24, 2.45) is 5.92 Å². The number of rotatable bonds is 9. The maximum absolute atomic E-state index is 13.6. The van der Waals surface area contributed by atoms with E-state index in [1.165, 1.54) is 23.0 Å². The molecule has 222 valence electrons. The molecule has 1 aliphatic rings. The van der Waals surface area contributed by atoms with Crippen LogP contribution in [0.2, 0.25) is 0 Å². The molecule has 5 rings (SSSR count). The highest BCUT2D eigenvalue weighted by Crippen LogP contribution is 2.38. The number of nitrogens with one attached hydrogen (secondary N) is 1. The second kappa shape index (κ2) is 12.5. The van der Waals surface area contributed by atoms with E-state index in [1.54, 1.807) is 10.6 Å². The van der Waals surface area contributed by atoms with Gasteiger partial charge < -0.3 is 14.8 Å². The SMILES string of the molecule is CCOC(=O)C[C@H]1CC[C@H](c2ccc(-c3cn4cc(C(=O)NCc5ccc(F)c(OC(F)(F)F)c5)nc4s3)cc2)CC1. The van der Waals surface area contributed by atoms with Gasteiger partial charge in [0.2, 0.25) is 0 Å². The molecule has 0 atom stereocenters. The molecule has 0 unspecified atom stereocenters. The lowest BCUT2D eigenvalue weighted by atomic mass is 9.77. The van der Waals surface area contributed by atoms with E-state index in [-0.39, 0.29) is 23.8 Å². The van der Waals surface area contributed by atoms with Crippen LogP contribution >= 0.6 is 11.3 Å². The Morgan fingerprint density at radius 3 is 2.48 bits per heavy atom. The van der Waals surface area contributed by atoms with E-state index in [0.29, 0.717) is 29.8 Å². The van der Waals surface area contributed by atoms with Crippen LogP contribution in [0.3, 0.4) is 0 Å². The number of carbonyl (C=O) groups excluding carboxylic acids is 2. The zero-order valence-corrected chi connectivity index (χ0v) is 23.6. The van der Waals surface area contributed by atoms with Gasteiger partial charge in [0.05, 0.1) is 11.5 Å². The van der Waals surface area contributed by atoms with Crippen molar-refractivity contribution in [3.63, 3.8) is 0 Å². The van der Waals surface area contributed by atoms with E-state index >= 15 is 0 Å². The predicted molar refractivity (Wildman–Crippen MR) is 149 cm³/mol. The van der Waals surface area contributed by atoms with Gasteiger partial charge >= 0.3 is 12.3 Å². The summed E-state index contributed by atoms with van der Waals surface area (Å²) in [6.07, 6.45) is 3.06. The molecule has 0 spiro atoms. The van der Waals surface area contributed by atoms with Gasteiger partial charge in [-0.1, -0.05) is 41.7 Å². The Hall–Kier alpha value is -3.93. The number of alkyl halides is 3. The molecule has 12 heteroatoms. The Bertz CT molecular complexity index is 1530. The molecule has 2 aromatic heterocycles. The summed E-state index contributed by atoms with van der Waals surface area (Å²) < 4.78 is 61.6. The minimum Gasteiger partial charge on any atom is -0.466 e. The lowest BCUT2D eigenvalue weighted by molar-refractivity contribution is -0.275. The van der Waals surface area contributed by atoms with Gasteiger partial charge in [-0.05, 0) is 73.3 Å². The molecule has 4 aromatic rings. The van der Waals surface area contributed by atoms with Gasteiger partial charge in [0.15, 0.2) is 16.5 Å².